The number of hydrogen-bond acceptors (Lipinski definition) is 5. The smallest absolute Gasteiger partial charge is 0.210 e. The van der Waals surface area contributed by atoms with Gasteiger partial charge >= 0.3 is 0 Å². The average molecular weight is 379 g/mol. The van der Waals surface area contributed by atoms with Crippen molar-refractivity contribution in [2.45, 2.75) is 32.2 Å². The van der Waals surface area contributed by atoms with E-state index in [-0.39, 0.29) is 11.9 Å². The van der Waals surface area contributed by atoms with Crippen molar-refractivity contribution < 1.29 is 4.39 Å². The Morgan fingerprint density at radius 3 is 2.81 bits per heavy atom. The lowest BCUT2D eigenvalue weighted by Crippen LogP contribution is -2.24. The Morgan fingerprint density at radius 1 is 1.19 bits per heavy atom. The summed E-state index contributed by atoms with van der Waals surface area (Å²) in [5.74, 6) is 1.53. The summed E-state index contributed by atoms with van der Waals surface area (Å²) >= 11 is 1.51. The minimum Gasteiger partial charge on any atom is -0.241 e. The highest BCUT2D eigenvalue weighted by Gasteiger charge is 2.29. The van der Waals surface area contributed by atoms with Crippen molar-refractivity contribution in [2.24, 2.45) is 5.92 Å². The molecule has 1 fully saturated rings. The normalized spacial score (nSPS) is 15.8. The maximum atomic E-state index is 14.2. The van der Waals surface area contributed by atoms with Crippen LogP contribution in [0, 0.1) is 11.7 Å². The van der Waals surface area contributed by atoms with Gasteiger partial charge in [-0.05, 0) is 37.8 Å². The minimum atomic E-state index is -0.326. The molecule has 0 spiro atoms. The van der Waals surface area contributed by atoms with Gasteiger partial charge in [-0.1, -0.05) is 24.6 Å². The molecule has 1 aromatic carbocycles. The topological polar surface area (TPSA) is 56.5 Å². The van der Waals surface area contributed by atoms with Gasteiger partial charge in [0.25, 0.3) is 0 Å². The zero-order valence-electron chi connectivity index (χ0n) is 14.8. The molecule has 1 unspecified atom stereocenters. The molecule has 1 saturated carbocycles. The highest BCUT2D eigenvalue weighted by atomic mass is 32.1. The van der Waals surface area contributed by atoms with Crippen LogP contribution >= 0.6 is 11.3 Å². The van der Waals surface area contributed by atoms with Crippen LogP contribution in [0.5, 0.6) is 0 Å². The average Bonchev–Trinajstić information content (AvgIpc) is 3.30. The van der Waals surface area contributed by atoms with E-state index in [1.807, 2.05) is 28.3 Å². The maximum Gasteiger partial charge on any atom is 0.210 e. The summed E-state index contributed by atoms with van der Waals surface area (Å²) < 4.78 is 16.2. The van der Waals surface area contributed by atoms with Gasteiger partial charge in [-0.2, -0.15) is 0 Å². The van der Waals surface area contributed by atoms with E-state index in [2.05, 4.69) is 16.9 Å². The second-order valence-electron chi connectivity index (χ2n) is 6.98. The summed E-state index contributed by atoms with van der Waals surface area (Å²) in [5, 5.41) is 8.22. The molecule has 5 nitrogen and oxygen atoms in total. The number of nitrogens with zero attached hydrogens (tertiary/aromatic N) is 5. The van der Waals surface area contributed by atoms with E-state index in [4.69, 9.17) is 10.1 Å². The number of fused-ring (bicyclic) bond motifs is 1. The molecule has 1 atom stereocenters. The van der Waals surface area contributed by atoms with Crippen molar-refractivity contribution >= 4 is 22.2 Å². The first-order chi connectivity index (χ1) is 13.2. The lowest BCUT2D eigenvalue weighted by atomic mass is 9.80. The molecule has 0 bridgehead atoms. The molecule has 5 rings (SSSR count). The molecule has 0 radical (unpaired) electrons. The predicted molar refractivity (Wildman–Crippen MR) is 104 cm³/mol. The summed E-state index contributed by atoms with van der Waals surface area (Å²) in [7, 11) is 0. The lowest BCUT2D eigenvalue weighted by molar-refractivity contribution is 0.212. The molecule has 136 valence electrons. The van der Waals surface area contributed by atoms with E-state index in [1.165, 1.54) is 36.7 Å². The van der Waals surface area contributed by atoms with Crippen molar-refractivity contribution in [2.75, 3.05) is 0 Å². The second kappa shape index (κ2) is 6.49. The van der Waals surface area contributed by atoms with Crippen LogP contribution in [0.25, 0.3) is 33.3 Å². The molecule has 0 saturated heterocycles. The number of hydrogen-bond donors (Lipinski definition) is 0. The van der Waals surface area contributed by atoms with Crippen molar-refractivity contribution in [3.63, 3.8) is 0 Å². The van der Waals surface area contributed by atoms with Gasteiger partial charge in [-0.25, -0.2) is 24.0 Å². The van der Waals surface area contributed by atoms with E-state index < -0.39 is 0 Å². The van der Waals surface area contributed by atoms with Crippen LogP contribution in [-0.4, -0.2) is 24.7 Å². The number of thiazole rings is 1. The van der Waals surface area contributed by atoms with E-state index in [0.29, 0.717) is 28.8 Å². The van der Waals surface area contributed by atoms with Gasteiger partial charge in [0, 0.05) is 17.0 Å². The summed E-state index contributed by atoms with van der Waals surface area (Å²) in [6.07, 6.45) is 5.41. The lowest BCUT2D eigenvalue weighted by Gasteiger charge is -2.31. The second-order valence-corrected chi connectivity index (χ2v) is 7.88. The number of para-hydroxylation sites is 1. The van der Waals surface area contributed by atoms with Crippen LogP contribution in [0.15, 0.2) is 41.9 Å². The van der Waals surface area contributed by atoms with E-state index in [1.54, 1.807) is 12.3 Å². The Kier molecular flexibility index (Phi) is 3.97. The van der Waals surface area contributed by atoms with Crippen LogP contribution in [0.1, 0.15) is 32.2 Å². The van der Waals surface area contributed by atoms with Gasteiger partial charge in [-0.15, -0.1) is 16.4 Å². The molecule has 1 aliphatic rings. The fraction of sp³-hybridized carbons (Fsp3) is 0.300. The summed E-state index contributed by atoms with van der Waals surface area (Å²) in [4.78, 5) is 13.6. The zero-order chi connectivity index (χ0) is 18.4. The molecule has 27 heavy (non-hydrogen) atoms. The SMILES string of the molecule is CC(C1CCC1)n1nc(-c2nccs2)nc1-c1ccc2cccc(F)c2n1. The van der Waals surface area contributed by atoms with Gasteiger partial charge in [0.05, 0.1) is 6.04 Å². The Balaban J connectivity index is 1.66. The monoisotopic (exact) mass is 379 g/mol. The Bertz CT molecular complexity index is 1100. The largest absolute Gasteiger partial charge is 0.241 e. The van der Waals surface area contributed by atoms with Crippen molar-refractivity contribution in [1.82, 2.24) is 24.7 Å². The summed E-state index contributed by atoms with van der Waals surface area (Å²) in [5.41, 5.74) is 0.991. The van der Waals surface area contributed by atoms with Gasteiger partial charge in [-0.3, -0.25) is 0 Å². The Morgan fingerprint density at radius 2 is 2.07 bits per heavy atom. The van der Waals surface area contributed by atoms with Gasteiger partial charge in [0.1, 0.15) is 17.0 Å². The standard InChI is InChI=1S/C20H18FN5S/c1-12(13-4-2-5-13)26-19(24-18(25-26)20-22-10-11-27-20)16-9-8-14-6-3-7-15(21)17(14)23-16/h3,6-13H,2,4-5H2,1H3. The maximum absolute atomic E-state index is 14.2. The molecule has 7 heteroatoms. The third kappa shape index (κ3) is 2.82. The van der Waals surface area contributed by atoms with Crippen LogP contribution in [0.4, 0.5) is 4.39 Å². The van der Waals surface area contributed by atoms with E-state index in [0.717, 1.165) is 10.4 Å². The van der Waals surface area contributed by atoms with Gasteiger partial charge in [0.15, 0.2) is 10.8 Å². The first-order valence-corrected chi connectivity index (χ1v) is 10.0. The third-order valence-corrected chi connectivity index (χ3v) is 6.14. The van der Waals surface area contributed by atoms with Crippen molar-refractivity contribution in [3.8, 4) is 22.4 Å². The van der Waals surface area contributed by atoms with Crippen LogP contribution in [0.3, 0.4) is 0 Å². The number of rotatable bonds is 4. The van der Waals surface area contributed by atoms with Crippen molar-refractivity contribution in [1.29, 1.82) is 0 Å². The number of benzene rings is 1. The summed E-state index contributed by atoms with van der Waals surface area (Å²) in [6, 6.07) is 8.98. The van der Waals surface area contributed by atoms with Gasteiger partial charge in [0.2, 0.25) is 5.82 Å². The number of aromatic nitrogens is 5. The first-order valence-electron chi connectivity index (χ1n) is 9.13. The van der Waals surface area contributed by atoms with Gasteiger partial charge < -0.3 is 0 Å². The zero-order valence-corrected chi connectivity index (χ0v) is 15.7. The highest BCUT2D eigenvalue weighted by Crippen LogP contribution is 2.38. The Hall–Kier alpha value is -2.67. The van der Waals surface area contributed by atoms with E-state index >= 15 is 0 Å². The van der Waals surface area contributed by atoms with Crippen LogP contribution in [0.2, 0.25) is 0 Å². The fourth-order valence-electron chi connectivity index (χ4n) is 3.56. The molecule has 0 N–H and O–H groups in total. The van der Waals surface area contributed by atoms with Crippen LogP contribution < -0.4 is 0 Å². The van der Waals surface area contributed by atoms with Crippen molar-refractivity contribution in [3.05, 3.63) is 47.7 Å². The molecule has 0 aliphatic heterocycles. The highest BCUT2D eigenvalue weighted by molar-refractivity contribution is 7.13. The van der Waals surface area contributed by atoms with Crippen LogP contribution in [-0.2, 0) is 0 Å². The molecule has 3 aromatic heterocycles. The predicted octanol–water partition coefficient (Wildman–Crippen LogP) is 5.12. The third-order valence-electron chi connectivity index (χ3n) is 5.37. The quantitative estimate of drug-likeness (QED) is 0.494. The fourth-order valence-corrected chi connectivity index (χ4v) is 4.13. The minimum absolute atomic E-state index is 0.216. The summed E-state index contributed by atoms with van der Waals surface area (Å²) in [6.45, 7) is 2.18. The number of halogens is 1. The molecule has 1 aliphatic carbocycles. The first kappa shape index (κ1) is 16.5. The molecular weight excluding hydrogens is 361 g/mol. The number of pyridine rings is 1. The molecule has 3 heterocycles. The van der Waals surface area contributed by atoms with E-state index in [9.17, 15) is 4.39 Å². The molecule has 0 amide bonds. The Labute approximate surface area is 159 Å². The molecular formula is C20H18FN5S. The molecule has 4 aromatic rings.